The molecule has 0 aliphatic heterocycles. The molecule has 0 saturated heterocycles. The van der Waals surface area contributed by atoms with Crippen LogP contribution in [0.25, 0.3) is 0 Å². The second-order valence-electron chi connectivity index (χ2n) is 3.94. The molecule has 1 saturated carbocycles. The van der Waals surface area contributed by atoms with Crippen molar-refractivity contribution in [1.29, 1.82) is 0 Å². The maximum Gasteiger partial charge on any atom is 0.127 e. The van der Waals surface area contributed by atoms with E-state index in [0.717, 1.165) is 17.1 Å². The van der Waals surface area contributed by atoms with Crippen molar-refractivity contribution in [3.8, 4) is 11.5 Å². The second-order valence-corrected chi connectivity index (χ2v) is 3.94. The van der Waals surface area contributed by atoms with Gasteiger partial charge in [-0.25, -0.2) is 0 Å². The average molecular weight is 207 g/mol. The highest BCUT2D eigenvalue weighted by Gasteiger charge is 2.33. The molecule has 3 nitrogen and oxygen atoms in total. The van der Waals surface area contributed by atoms with Crippen molar-refractivity contribution in [2.24, 2.45) is 11.7 Å². The number of ether oxygens (including phenoxy) is 2. The Bertz CT molecular complexity index is 325. The van der Waals surface area contributed by atoms with E-state index in [2.05, 4.69) is 0 Å². The van der Waals surface area contributed by atoms with E-state index in [1.807, 2.05) is 18.2 Å². The monoisotopic (exact) mass is 207 g/mol. The topological polar surface area (TPSA) is 44.5 Å². The molecule has 3 heteroatoms. The van der Waals surface area contributed by atoms with Crippen molar-refractivity contribution in [2.45, 2.75) is 18.9 Å². The fraction of sp³-hybridized carbons (Fsp3) is 0.500. The summed E-state index contributed by atoms with van der Waals surface area (Å²) in [4.78, 5) is 0. The van der Waals surface area contributed by atoms with Gasteiger partial charge in [0.05, 0.1) is 19.8 Å². The molecule has 1 atom stereocenters. The first-order valence-electron chi connectivity index (χ1n) is 5.24. The predicted octanol–water partition coefficient (Wildman–Crippen LogP) is 2.11. The van der Waals surface area contributed by atoms with E-state index in [0.29, 0.717) is 5.92 Å². The van der Waals surface area contributed by atoms with E-state index < -0.39 is 0 Å². The van der Waals surface area contributed by atoms with E-state index in [1.165, 1.54) is 12.8 Å². The maximum atomic E-state index is 6.19. The Morgan fingerprint density at radius 2 is 1.73 bits per heavy atom. The van der Waals surface area contributed by atoms with Gasteiger partial charge in [0.15, 0.2) is 0 Å². The van der Waals surface area contributed by atoms with E-state index in [-0.39, 0.29) is 6.04 Å². The third-order valence-corrected chi connectivity index (χ3v) is 2.93. The third-order valence-electron chi connectivity index (χ3n) is 2.93. The van der Waals surface area contributed by atoms with Crippen molar-refractivity contribution < 1.29 is 9.47 Å². The molecule has 2 N–H and O–H groups in total. The standard InChI is InChI=1S/C12H17NO2/c1-14-9-4-3-5-10(15-2)11(9)12(13)8-6-7-8/h3-5,8,12H,6-7,13H2,1-2H3/t12-/m1/s1. The zero-order valence-electron chi connectivity index (χ0n) is 9.19. The Hall–Kier alpha value is -1.22. The van der Waals surface area contributed by atoms with Gasteiger partial charge in [-0.3, -0.25) is 0 Å². The van der Waals surface area contributed by atoms with Crippen molar-refractivity contribution in [2.75, 3.05) is 14.2 Å². The van der Waals surface area contributed by atoms with Gasteiger partial charge in [-0.15, -0.1) is 0 Å². The summed E-state index contributed by atoms with van der Waals surface area (Å²) in [5, 5.41) is 0. The molecule has 0 aromatic heterocycles. The summed E-state index contributed by atoms with van der Waals surface area (Å²) in [6, 6.07) is 5.82. The Balaban J connectivity index is 2.39. The van der Waals surface area contributed by atoms with Crippen LogP contribution in [0.5, 0.6) is 11.5 Å². The molecule has 0 bridgehead atoms. The molecule has 1 aromatic carbocycles. The minimum atomic E-state index is 0.0381. The first-order valence-corrected chi connectivity index (χ1v) is 5.24. The minimum absolute atomic E-state index is 0.0381. The number of benzene rings is 1. The van der Waals surface area contributed by atoms with E-state index in [1.54, 1.807) is 14.2 Å². The lowest BCUT2D eigenvalue weighted by Gasteiger charge is -2.18. The molecular weight excluding hydrogens is 190 g/mol. The number of methoxy groups -OCH3 is 2. The summed E-state index contributed by atoms with van der Waals surface area (Å²) in [6.45, 7) is 0. The van der Waals surface area contributed by atoms with Gasteiger partial charge in [0, 0.05) is 6.04 Å². The van der Waals surface area contributed by atoms with Gasteiger partial charge in [0.2, 0.25) is 0 Å². The summed E-state index contributed by atoms with van der Waals surface area (Å²) in [5.74, 6) is 2.25. The Labute approximate surface area is 90.2 Å². The fourth-order valence-corrected chi connectivity index (χ4v) is 1.90. The summed E-state index contributed by atoms with van der Waals surface area (Å²) < 4.78 is 10.7. The zero-order valence-corrected chi connectivity index (χ0v) is 9.19. The van der Waals surface area contributed by atoms with Crippen LogP contribution in [0.15, 0.2) is 18.2 Å². The van der Waals surface area contributed by atoms with Crippen molar-refractivity contribution >= 4 is 0 Å². The molecule has 15 heavy (non-hydrogen) atoms. The lowest BCUT2D eigenvalue weighted by molar-refractivity contribution is 0.375. The highest BCUT2D eigenvalue weighted by molar-refractivity contribution is 5.47. The van der Waals surface area contributed by atoms with Gasteiger partial charge in [0.1, 0.15) is 11.5 Å². The van der Waals surface area contributed by atoms with Crippen LogP contribution in [0.4, 0.5) is 0 Å². The van der Waals surface area contributed by atoms with Gasteiger partial charge in [-0.1, -0.05) is 6.07 Å². The molecule has 0 spiro atoms. The fourth-order valence-electron chi connectivity index (χ4n) is 1.90. The lowest BCUT2D eigenvalue weighted by atomic mass is 10.0. The predicted molar refractivity (Wildman–Crippen MR) is 59.2 cm³/mol. The molecule has 82 valence electrons. The zero-order chi connectivity index (χ0) is 10.8. The van der Waals surface area contributed by atoms with Crippen LogP contribution in [0.2, 0.25) is 0 Å². The van der Waals surface area contributed by atoms with E-state index in [4.69, 9.17) is 15.2 Å². The van der Waals surface area contributed by atoms with Gasteiger partial charge < -0.3 is 15.2 Å². The molecule has 0 amide bonds. The van der Waals surface area contributed by atoms with E-state index >= 15 is 0 Å². The quantitative estimate of drug-likeness (QED) is 0.822. The van der Waals surface area contributed by atoms with Crippen LogP contribution in [0.1, 0.15) is 24.4 Å². The van der Waals surface area contributed by atoms with Crippen LogP contribution in [0.3, 0.4) is 0 Å². The molecule has 1 fully saturated rings. The lowest BCUT2D eigenvalue weighted by Crippen LogP contribution is -2.14. The number of hydrogen-bond acceptors (Lipinski definition) is 3. The van der Waals surface area contributed by atoms with Crippen molar-refractivity contribution in [3.05, 3.63) is 23.8 Å². The Morgan fingerprint density at radius 1 is 1.20 bits per heavy atom. The normalized spacial score (nSPS) is 17.3. The Kier molecular flexibility index (Phi) is 2.82. The second kappa shape index (κ2) is 4.11. The van der Waals surface area contributed by atoms with Gasteiger partial charge >= 0.3 is 0 Å². The molecule has 0 unspecified atom stereocenters. The largest absolute Gasteiger partial charge is 0.496 e. The molecule has 0 heterocycles. The van der Waals surface area contributed by atoms with Gasteiger partial charge in [-0.05, 0) is 30.9 Å². The van der Waals surface area contributed by atoms with Crippen molar-refractivity contribution in [1.82, 2.24) is 0 Å². The highest BCUT2D eigenvalue weighted by Crippen LogP contribution is 2.45. The molecule has 1 aromatic rings. The summed E-state index contributed by atoms with van der Waals surface area (Å²) in [5.41, 5.74) is 7.20. The van der Waals surface area contributed by atoms with E-state index in [9.17, 15) is 0 Å². The first-order chi connectivity index (χ1) is 7.27. The summed E-state index contributed by atoms with van der Waals surface area (Å²) in [6.07, 6.45) is 2.42. The molecule has 1 aliphatic carbocycles. The van der Waals surface area contributed by atoms with Gasteiger partial charge in [-0.2, -0.15) is 0 Å². The first kappa shape index (κ1) is 10.3. The molecule has 2 rings (SSSR count). The van der Waals surface area contributed by atoms with Gasteiger partial charge in [0.25, 0.3) is 0 Å². The van der Waals surface area contributed by atoms with Crippen LogP contribution in [0, 0.1) is 5.92 Å². The third kappa shape index (κ3) is 1.92. The number of rotatable bonds is 4. The van der Waals surface area contributed by atoms with Crippen LogP contribution < -0.4 is 15.2 Å². The average Bonchev–Trinajstić information content (AvgIpc) is 3.10. The van der Waals surface area contributed by atoms with Crippen LogP contribution in [-0.2, 0) is 0 Å². The smallest absolute Gasteiger partial charge is 0.127 e. The molecule has 1 aliphatic rings. The molecular formula is C12H17NO2. The van der Waals surface area contributed by atoms with Crippen molar-refractivity contribution in [3.63, 3.8) is 0 Å². The SMILES string of the molecule is COc1cccc(OC)c1[C@H](N)C1CC1. The minimum Gasteiger partial charge on any atom is -0.496 e. The maximum absolute atomic E-state index is 6.19. The number of hydrogen-bond donors (Lipinski definition) is 1. The van der Waals surface area contributed by atoms with Crippen LogP contribution >= 0.6 is 0 Å². The summed E-state index contributed by atoms with van der Waals surface area (Å²) in [7, 11) is 3.33. The Morgan fingerprint density at radius 3 is 2.13 bits per heavy atom. The number of nitrogens with two attached hydrogens (primary N) is 1. The highest BCUT2D eigenvalue weighted by atomic mass is 16.5. The molecule has 0 radical (unpaired) electrons. The van der Waals surface area contributed by atoms with Crippen LogP contribution in [-0.4, -0.2) is 14.2 Å². The summed E-state index contributed by atoms with van der Waals surface area (Å²) >= 11 is 0.